The maximum Gasteiger partial charge on any atom is 0.287 e. The molecule has 3 aromatic rings. The molecule has 1 amide bonds. The minimum atomic E-state index is -3.84. The van der Waals surface area contributed by atoms with E-state index in [1.54, 1.807) is 24.5 Å². The van der Waals surface area contributed by atoms with Crippen LogP contribution in [0.5, 0.6) is 0 Å². The summed E-state index contributed by atoms with van der Waals surface area (Å²) in [5, 5.41) is 11.0. The number of fused-ring (bicyclic) bond motifs is 1. The third-order valence-corrected chi connectivity index (χ3v) is 6.23. The number of hydrogen-bond acceptors (Lipinski definition) is 6. The van der Waals surface area contributed by atoms with E-state index in [-0.39, 0.29) is 23.0 Å². The summed E-state index contributed by atoms with van der Waals surface area (Å²) < 4.78 is 27.8. The highest BCUT2D eigenvalue weighted by atomic mass is 127. The maximum atomic E-state index is 12.5. The molecule has 0 fully saturated rings. The van der Waals surface area contributed by atoms with Crippen molar-refractivity contribution in [2.45, 2.75) is 11.3 Å². The molecule has 11 heteroatoms. The average Bonchev–Trinajstić information content (AvgIpc) is 3.23. The lowest BCUT2D eigenvalue weighted by Crippen LogP contribution is -2.44. The number of aromatic nitrogens is 3. The van der Waals surface area contributed by atoms with Crippen molar-refractivity contribution in [2.75, 3.05) is 6.54 Å². The van der Waals surface area contributed by atoms with Crippen molar-refractivity contribution in [3.63, 3.8) is 0 Å². The van der Waals surface area contributed by atoms with Gasteiger partial charge >= 0.3 is 0 Å². The molecular weight excluding hydrogens is 507 g/mol. The van der Waals surface area contributed by atoms with Gasteiger partial charge in [-0.3, -0.25) is 9.52 Å². The first-order valence-corrected chi connectivity index (χ1v) is 11.1. The number of para-hydroxylation sites is 1. The van der Waals surface area contributed by atoms with Crippen LogP contribution in [-0.4, -0.2) is 41.7 Å². The zero-order valence-electron chi connectivity index (χ0n) is 14.9. The van der Waals surface area contributed by atoms with E-state index in [9.17, 15) is 13.2 Å². The van der Waals surface area contributed by atoms with Crippen molar-refractivity contribution in [1.29, 1.82) is 0 Å². The van der Waals surface area contributed by atoms with Crippen molar-refractivity contribution in [3.8, 4) is 5.69 Å². The molecule has 0 saturated carbocycles. The summed E-state index contributed by atoms with van der Waals surface area (Å²) in [6, 6.07) is 12.4. The van der Waals surface area contributed by atoms with Gasteiger partial charge in [-0.25, -0.2) is 13.4 Å². The predicted molar refractivity (Wildman–Crippen MR) is 115 cm³/mol. The van der Waals surface area contributed by atoms with Crippen molar-refractivity contribution in [3.05, 3.63) is 64.0 Å². The van der Waals surface area contributed by atoms with Crippen LogP contribution in [0.1, 0.15) is 5.56 Å². The molecule has 0 aliphatic carbocycles. The SMILES string of the molecule is O=C(NCCc1ccccc1-n1nccn1)C1=Nc2ccc(I)cc2S(=O)(=O)N1. The molecule has 0 spiro atoms. The van der Waals surface area contributed by atoms with Crippen molar-refractivity contribution >= 4 is 50.0 Å². The van der Waals surface area contributed by atoms with Crippen LogP contribution >= 0.6 is 22.6 Å². The molecule has 2 aromatic carbocycles. The van der Waals surface area contributed by atoms with E-state index < -0.39 is 15.9 Å². The average molecular weight is 522 g/mol. The minimum Gasteiger partial charge on any atom is -0.349 e. The van der Waals surface area contributed by atoms with Gasteiger partial charge in [0, 0.05) is 10.1 Å². The van der Waals surface area contributed by atoms with Crippen molar-refractivity contribution in [2.24, 2.45) is 4.99 Å². The van der Waals surface area contributed by atoms with Gasteiger partial charge in [-0.15, -0.1) is 0 Å². The molecule has 29 heavy (non-hydrogen) atoms. The number of nitrogens with one attached hydrogen (secondary N) is 2. The van der Waals surface area contributed by atoms with Crippen LogP contribution in [0.15, 0.2) is 64.7 Å². The van der Waals surface area contributed by atoms with Crippen LogP contribution in [0.3, 0.4) is 0 Å². The summed E-state index contributed by atoms with van der Waals surface area (Å²) in [4.78, 5) is 18.2. The Morgan fingerprint density at radius 3 is 2.69 bits per heavy atom. The Morgan fingerprint density at radius 1 is 1.14 bits per heavy atom. The molecule has 1 aromatic heterocycles. The van der Waals surface area contributed by atoms with Gasteiger partial charge in [0.2, 0.25) is 5.84 Å². The fraction of sp³-hybridized carbons (Fsp3) is 0.111. The van der Waals surface area contributed by atoms with Gasteiger partial charge in [0.25, 0.3) is 15.9 Å². The Labute approximate surface area is 180 Å². The first-order valence-electron chi connectivity index (χ1n) is 8.58. The highest BCUT2D eigenvalue weighted by Crippen LogP contribution is 2.29. The highest BCUT2D eigenvalue weighted by molar-refractivity contribution is 14.1. The minimum absolute atomic E-state index is 0.0570. The first kappa shape index (κ1) is 19.5. The lowest BCUT2D eigenvalue weighted by Gasteiger charge is -2.17. The monoisotopic (exact) mass is 522 g/mol. The second-order valence-corrected chi connectivity index (χ2v) is 9.03. The van der Waals surface area contributed by atoms with Crippen molar-refractivity contribution in [1.82, 2.24) is 25.0 Å². The van der Waals surface area contributed by atoms with E-state index >= 15 is 0 Å². The summed E-state index contributed by atoms with van der Waals surface area (Å²) in [5.74, 6) is -0.840. The number of halogens is 1. The van der Waals surface area contributed by atoms with Crippen LogP contribution in [-0.2, 0) is 21.2 Å². The Bertz CT molecular complexity index is 1210. The molecule has 2 N–H and O–H groups in total. The topological polar surface area (TPSA) is 118 Å². The van der Waals surface area contributed by atoms with Gasteiger partial charge in [-0.05, 0) is 58.8 Å². The molecule has 4 rings (SSSR count). The number of nitrogens with zero attached hydrogens (tertiary/aromatic N) is 4. The zero-order chi connectivity index (χ0) is 20.4. The molecular formula is C18H15IN6O3S. The lowest BCUT2D eigenvalue weighted by atomic mass is 10.1. The molecule has 148 valence electrons. The molecule has 1 aliphatic rings. The summed E-state index contributed by atoms with van der Waals surface area (Å²) in [7, 11) is -3.84. The van der Waals surface area contributed by atoms with Gasteiger partial charge in [-0.2, -0.15) is 15.0 Å². The number of carbonyl (C=O) groups is 1. The van der Waals surface area contributed by atoms with Crippen LogP contribution < -0.4 is 10.0 Å². The molecule has 0 bridgehead atoms. The standard InChI is InChI=1S/C18H15IN6O3S/c19-13-5-6-14-16(11-13)29(27,28)24-17(23-14)18(26)20-8-7-12-3-1-2-4-15(12)25-21-9-10-22-25/h1-6,9-11H,7-8H2,(H,20,26)(H,23,24). The van der Waals surface area contributed by atoms with Gasteiger partial charge in [0.15, 0.2) is 0 Å². The van der Waals surface area contributed by atoms with Gasteiger partial charge in [0.1, 0.15) is 4.90 Å². The van der Waals surface area contributed by atoms with Crippen LogP contribution in [0.25, 0.3) is 5.69 Å². The second-order valence-electron chi connectivity index (χ2n) is 6.13. The Morgan fingerprint density at radius 2 is 1.90 bits per heavy atom. The number of aliphatic imine (C=N–C) groups is 1. The fourth-order valence-corrected chi connectivity index (χ4v) is 4.75. The molecule has 9 nitrogen and oxygen atoms in total. The largest absolute Gasteiger partial charge is 0.349 e. The number of benzene rings is 2. The number of carbonyl (C=O) groups excluding carboxylic acids is 1. The van der Waals surface area contributed by atoms with E-state index in [0.29, 0.717) is 6.42 Å². The maximum absolute atomic E-state index is 12.5. The van der Waals surface area contributed by atoms with E-state index in [4.69, 9.17) is 0 Å². The molecule has 0 radical (unpaired) electrons. The molecule has 1 aliphatic heterocycles. The Balaban J connectivity index is 1.47. The number of sulfonamides is 1. The summed E-state index contributed by atoms with van der Waals surface area (Å²) >= 11 is 2.02. The van der Waals surface area contributed by atoms with Crippen LogP contribution in [0.2, 0.25) is 0 Å². The molecule has 0 atom stereocenters. The van der Waals surface area contributed by atoms with E-state index in [1.807, 2.05) is 46.9 Å². The molecule has 0 saturated heterocycles. The second kappa shape index (κ2) is 7.91. The summed E-state index contributed by atoms with van der Waals surface area (Å²) in [5.41, 5.74) is 1.99. The van der Waals surface area contributed by atoms with E-state index in [0.717, 1.165) is 14.8 Å². The van der Waals surface area contributed by atoms with E-state index in [2.05, 4.69) is 25.2 Å². The number of amidine groups is 1. The van der Waals surface area contributed by atoms with E-state index in [1.165, 1.54) is 10.9 Å². The normalized spacial score (nSPS) is 14.4. The van der Waals surface area contributed by atoms with Crippen molar-refractivity contribution < 1.29 is 13.2 Å². The van der Waals surface area contributed by atoms with Gasteiger partial charge in [-0.1, -0.05) is 18.2 Å². The zero-order valence-corrected chi connectivity index (χ0v) is 17.9. The number of hydrogen-bond donors (Lipinski definition) is 2. The smallest absolute Gasteiger partial charge is 0.287 e. The third-order valence-electron chi connectivity index (χ3n) is 4.20. The fourth-order valence-electron chi connectivity index (χ4n) is 2.87. The highest BCUT2D eigenvalue weighted by Gasteiger charge is 2.28. The third kappa shape index (κ3) is 4.15. The lowest BCUT2D eigenvalue weighted by molar-refractivity contribution is -0.114. The molecule has 0 unspecified atom stereocenters. The predicted octanol–water partition coefficient (Wildman–Crippen LogP) is 1.55. The first-order chi connectivity index (χ1) is 13.9. The van der Waals surface area contributed by atoms with Gasteiger partial charge in [0.05, 0.1) is 23.8 Å². The Hall–Kier alpha value is -2.80. The van der Waals surface area contributed by atoms with Crippen LogP contribution in [0, 0.1) is 3.57 Å². The summed E-state index contributed by atoms with van der Waals surface area (Å²) in [6.45, 7) is 0.289. The van der Waals surface area contributed by atoms with Gasteiger partial charge < -0.3 is 5.32 Å². The molecule has 2 heterocycles. The number of rotatable bonds is 5. The number of amides is 1. The summed E-state index contributed by atoms with van der Waals surface area (Å²) in [6.07, 6.45) is 3.69. The quantitative estimate of drug-likeness (QED) is 0.494. The Kier molecular flexibility index (Phi) is 5.32. The van der Waals surface area contributed by atoms with Crippen LogP contribution in [0.4, 0.5) is 5.69 Å².